The number of aryl methyl sites for hydroxylation is 2. The van der Waals surface area contributed by atoms with E-state index in [0.717, 1.165) is 17.1 Å². The first kappa shape index (κ1) is 16.1. The predicted octanol–water partition coefficient (Wildman–Crippen LogP) is 3.80. The summed E-state index contributed by atoms with van der Waals surface area (Å²) in [5, 5.41) is 3.29. The van der Waals surface area contributed by atoms with Gasteiger partial charge in [0.15, 0.2) is 0 Å². The molecule has 4 heteroatoms. The Morgan fingerprint density at radius 1 is 1.24 bits per heavy atom. The third kappa shape index (κ3) is 3.70. The minimum Gasteiger partial charge on any atom is -0.271 e. The van der Waals surface area contributed by atoms with Gasteiger partial charge < -0.3 is 0 Å². The van der Waals surface area contributed by atoms with Gasteiger partial charge >= 0.3 is 0 Å². The molecule has 21 heavy (non-hydrogen) atoms. The number of aromatic nitrogens is 1. The third-order valence-electron chi connectivity index (χ3n) is 3.79. The van der Waals surface area contributed by atoms with E-state index in [-0.39, 0.29) is 11.5 Å². The molecule has 0 bridgehead atoms. The number of nitrogens with zero attached hydrogens (tertiary/aromatic N) is 1. The monoisotopic (exact) mass is 303 g/mol. The first-order chi connectivity index (χ1) is 9.82. The second-order valence-electron chi connectivity index (χ2n) is 6.61. The van der Waals surface area contributed by atoms with Crippen LogP contribution in [-0.4, -0.2) is 4.98 Å². The van der Waals surface area contributed by atoms with E-state index in [0.29, 0.717) is 0 Å². The van der Waals surface area contributed by atoms with Gasteiger partial charge in [0.2, 0.25) is 0 Å². The number of hydrogen-bond donors (Lipinski definition) is 2. The lowest BCUT2D eigenvalue weighted by atomic mass is 9.93. The van der Waals surface area contributed by atoms with Crippen LogP contribution in [0.15, 0.2) is 23.6 Å². The molecule has 3 N–H and O–H groups in total. The van der Waals surface area contributed by atoms with Crippen LogP contribution in [0.4, 0.5) is 0 Å². The Balaban J connectivity index is 2.26. The number of rotatable bonds is 4. The lowest BCUT2D eigenvalue weighted by molar-refractivity contribution is 0.537. The molecule has 0 amide bonds. The summed E-state index contributed by atoms with van der Waals surface area (Å²) in [6.07, 6.45) is 0.822. The van der Waals surface area contributed by atoms with Gasteiger partial charge in [-0.05, 0) is 30.5 Å². The molecule has 0 fully saturated rings. The Morgan fingerprint density at radius 2 is 1.86 bits per heavy atom. The van der Waals surface area contributed by atoms with E-state index < -0.39 is 0 Å². The molecule has 1 aromatic heterocycles. The fraction of sp³-hybridized carbons (Fsp3) is 0.471. The topological polar surface area (TPSA) is 50.9 Å². The quantitative estimate of drug-likeness (QED) is 0.667. The molecule has 3 nitrogen and oxygen atoms in total. The van der Waals surface area contributed by atoms with Gasteiger partial charge in [0, 0.05) is 17.2 Å². The molecule has 0 saturated carbocycles. The zero-order valence-electron chi connectivity index (χ0n) is 13.5. The molecule has 2 aromatic rings. The van der Waals surface area contributed by atoms with Crippen molar-refractivity contribution in [2.24, 2.45) is 5.84 Å². The number of hydrogen-bond acceptors (Lipinski definition) is 4. The zero-order chi connectivity index (χ0) is 15.6. The minimum atomic E-state index is 0.0962. The average molecular weight is 303 g/mol. The molecule has 1 heterocycles. The maximum Gasteiger partial charge on any atom is 0.0948 e. The molecule has 0 aliphatic rings. The van der Waals surface area contributed by atoms with E-state index in [1.54, 1.807) is 11.3 Å². The highest BCUT2D eigenvalue weighted by atomic mass is 32.1. The highest BCUT2D eigenvalue weighted by Gasteiger charge is 2.20. The fourth-order valence-electron chi connectivity index (χ4n) is 2.55. The number of hydrazine groups is 1. The van der Waals surface area contributed by atoms with Gasteiger partial charge in [-0.2, -0.15) is 0 Å². The normalized spacial score (nSPS) is 13.4. The fourth-order valence-corrected chi connectivity index (χ4v) is 3.61. The van der Waals surface area contributed by atoms with Gasteiger partial charge in [-0.3, -0.25) is 11.3 Å². The molecule has 0 saturated heterocycles. The summed E-state index contributed by atoms with van der Waals surface area (Å²) >= 11 is 1.72. The highest BCUT2D eigenvalue weighted by molar-refractivity contribution is 7.09. The standard InChI is InChI=1S/C17H25N3S/c1-11-7-6-8-12(2)16(11)13(20-18)9-15-19-14(10-21-15)17(3,4)5/h6-8,10,13,20H,9,18H2,1-5H3. The van der Waals surface area contributed by atoms with Crippen molar-refractivity contribution in [3.8, 4) is 0 Å². The smallest absolute Gasteiger partial charge is 0.0948 e. The van der Waals surface area contributed by atoms with Crippen molar-refractivity contribution in [1.82, 2.24) is 10.4 Å². The van der Waals surface area contributed by atoms with Crippen LogP contribution in [0.25, 0.3) is 0 Å². The van der Waals surface area contributed by atoms with Crippen LogP contribution in [0.3, 0.4) is 0 Å². The summed E-state index contributed by atoms with van der Waals surface area (Å²) in [6, 6.07) is 6.46. The van der Waals surface area contributed by atoms with E-state index in [1.807, 2.05) is 0 Å². The van der Waals surface area contributed by atoms with Gasteiger partial charge in [-0.1, -0.05) is 39.0 Å². The highest BCUT2D eigenvalue weighted by Crippen LogP contribution is 2.28. The molecule has 1 unspecified atom stereocenters. The second kappa shape index (κ2) is 6.26. The number of nitrogens with one attached hydrogen (secondary N) is 1. The molecule has 0 radical (unpaired) electrons. The van der Waals surface area contributed by atoms with Crippen LogP contribution >= 0.6 is 11.3 Å². The van der Waals surface area contributed by atoms with Gasteiger partial charge in [-0.25, -0.2) is 4.98 Å². The van der Waals surface area contributed by atoms with Crippen LogP contribution < -0.4 is 11.3 Å². The van der Waals surface area contributed by atoms with Crippen LogP contribution in [-0.2, 0) is 11.8 Å². The Morgan fingerprint density at radius 3 is 2.33 bits per heavy atom. The van der Waals surface area contributed by atoms with Crippen LogP contribution in [0, 0.1) is 13.8 Å². The second-order valence-corrected chi connectivity index (χ2v) is 7.55. The molecule has 1 aromatic carbocycles. The summed E-state index contributed by atoms with van der Waals surface area (Å²) in [6.45, 7) is 10.8. The molecular formula is C17H25N3S. The molecule has 0 aliphatic carbocycles. The van der Waals surface area contributed by atoms with E-state index in [9.17, 15) is 0 Å². The van der Waals surface area contributed by atoms with Gasteiger partial charge in [-0.15, -0.1) is 11.3 Å². The Hall–Kier alpha value is -1.23. The van der Waals surface area contributed by atoms with Crippen LogP contribution in [0.1, 0.15) is 54.2 Å². The van der Waals surface area contributed by atoms with E-state index in [1.165, 1.54) is 16.7 Å². The van der Waals surface area contributed by atoms with E-state index in [4.69, 9.17) is 10.8 Å². The molecule has 0 aliphatic heterocycles. The number of thiazole rings is 1. The summed E-state index contributed by atoms with van der Waals surface area (Å²) in [7, 11) is 0. The molecular weight excluding hydrogens is 278 g/mol. The summed E-state index contributed by atoms with van der Waals surface area (Å²) in [4.78, 5) is 4.78. The van der Waals surface area contributed by atoms with Crippen molar-refractivity contribution in [2.45, 2.75) is 52.5 Å². The number of benzene rings is 1. The molecule has 114 valence electrons. The Kier molecular flexibility index (Phi) is 4.81. The number of nitrogens with two attached hydrogens (primary N) is 1. The molecule has 1 atom stereocenters. The van der Waals surface area contributed by atoms with Gasteiger partial charge in [0.05, 0.1) is 16.7 Å². The summed E-state index contributed by atoms with van der Waals surface area (Å²) in [5.74, 6) is 5.81. The minimum absolute atomic E-state index is 0.0962. The first-order valence-electron chi connectivity index (χ1n) is 7.30. The Labute approximate surface area is 131 Å². The van der Waals surface area contributed by atoms with Crippen molar-refractivity contribution >= 4 is 11.3 Å². The lowest BCUT2D eigenvalue weighted by Gasteiger charge is -2.20. The van der Waals surface area contributed by atoms with Crippen molar-refractivity contribution < 1.29 is 0 Å². The maximum atomic E-state index is 5.81. The third-order valence-corrected chi connectivity index (χ3v) is 4.66. The van der Waals surface area contributed by atoms with Crippen molar-refractivity contribution in [2.75, 3.05) is 0 Å². The first-order valence-corrected chi connectivity index (χ1v) is 8.18. The van der Waals surface area contributed by atoms with E-state index >= 15 is 0 Å². The largest absolute Gasteiger partial charge is 0.271 e. The van der Waals surface area contributed by atoms with Crippen molar-refractivity contribution in [3.05, 3.63) is 51.0 Å². The lowest BCUT2D eigenvalue weighted by Crippen LogP contribution is -2.30. The van der Waals surface area contributed by atoms with Crippen LogP contribution in [0.2, 0.25) is 0 Å². The van der Waals surface area contributed by atoms with Gasteiger partial charge in [0.25, 0.3) is 0 Å². The summed E-state index contributed by atoms with van der Waals surface area (Å²) in [5.41, 5.74) is 8.03. The SMILES string of the molecule is Cc1cccc(C)c1C(Cc1nc(C(C)(C)C)cs1)NN. The van der Waals surface area contributed by atoms with Crippen LogP contribution in [0.5, 0.6) is 0 Å². The van der Waals surface area contributed by atoms with Crippen molar-refractivity contribution in [3.63, 3.8) is 0 Å². The maximum absolute atomic E-state index is 5.81. The van der Waals surface area contributed by atoms with Gasteiger partial charge in [0.1, 0.15) is 0 Å². The molecule has 2 rings (SSSR count). The zero-order valence-corrected chi connectivity index (χ0v) is 14.3. The Bertz CT molecular complexity index is 590. The predicted molar refractivity (Wildman–Crippen MR) is 90.5 cm³/mol. The summed E-state index contributed by atoms with van der Waals surface area (Å²) < 4.78 is 0. The average Bonchev–Trinajstić information content (AvgIpc) is 2.85. The van der Waals surface area contributed by atoms with Crippen molar-refractivity contribution in [1.29, 1.82) is 0 Å². The molecule has 0 spiro atoms. The van der Waals surface area contributed by atoms with E-state index in [2.05, 4.69) is 63.6 Å².